The van der Waals surface area contributed by atoms with Crippen molar-refractivity contribution in [2.45, 2.75) is 20.5 Å². The highest BCUT2D eigenvalue weighted by atomic mass is 16.4. The van der Waals surface area contributed by atoms with E-state index in [9.17, 15) is 4.79 Å². The van der Waals surface area contributed by atoms with Crippen molar-refractivity contribution in [3.63, 3.8) is 0 Å². The molecule has 3 nitrogen and oxygen atoms in total. The van der Waals surface area contributed by atoms with Crippen molar-refractivity contribution in [2.75, 3.05) is 0 Å². The quantitative estimate of drug-likeness (QED) is 0.725. The summed E-state index contributed by atoms with van der Waals surface area (Å²) in [5.41, 5.74) is 2.57. The molecule has 0 saturated heterocycles. The van der Waals surface area contributed by atoms with Gasteiger partial charge in [0.15, 0.2) is 0 Å². The molecule has 0 aliphatic carbocycles. The number of carboxylic acid groups (broad SMARTS) is 1. The molecule has 0 heterocycles. The molecule has 0 spiro atoms. The average molecular weight is 180 g/mol. The summed E-state index contributed by atoms with van der Waals surface area (Å²) in [6.45, 7) is 3.48. The van der Waals surface area contributed by atoms with Crippen LogP contribution in [0.15, 0.2) is 12.1 Å². The molecular formula is C10H12O3. The lowest BCUT2D eigenvalue weighted by atomic mass is 10.0. The Labute approximate surface area is 76.6 Å². The summed E-state index contributed by atoms with van der Waals surface area (Å²) in [6, 6.07) is 3.29. The first-order valence-electron chi connectivity index (χ1n) is 4.00. The zero-order valence-electron chi connectivity index (χ0n) is 7.66. The topological polar surface area (TPSA) is 57.5 Å². The summed E-state index contributed by atoms with van der Waals surface area (Å²) in [6.07, 6.45) is 0. The summed E-state index contributed by atoms with van der Waals surface area (Å²) in [7, 11) is 0. The molecular weight excluding hydrogens is 168 g/mol. The van der Waals surface area contributed by atoms with E-state index in [1.807, 2.05) is 6.92 Å². The van der Waals surface area contributed by atoms with Gasteiger partial charge in [0, 0.05) is 0 Å². The van der Waals surface area contributed by atoms with Crippen LogP contribution in [0.4, 0.5) is 0 Å². The van der Waals surface area contributed by atoms with Gasteiger partial charge >= 0.3 is 5.97 Å². The standard InChI is InChI=1S/C10H12O3/c1-6-3-7(2)9(10(12)13)4-8(6)5-11/h3-4,11H,5H2,1-2H3,(H,12,13). The SMILES string of the molecule is Cc1cc(C)c(C(=O)O)cc1CO. The molecule has 1 rings (SSSR count). The van der Waals surface area contributed by atoms with Crippen LogP contribution in [0, 0.1) is 13.8 Å². The molecule has 0 bridgehead atoms. The van der Waals surface area contributed by atoms with Gasteiger partial charge in [0.1, 0.15) is 0 Å². The van der Waals surface area contributed by atoms with Gasteiger partial charge in [-0.2, -0.15) is 0 Å². The number of benzene rings is 1. The van der Waals surface area contributed by atoms with Crippen LogP contribution in [-0.2, 0) is 6.61 Å². The lowest BCUT2D eigenvalue weighted by molar-refractivity contribution is 0.0696. The molecule has 1 aromatic carbocycles. The van der Waals surface area contributed by atoms with E-state index in [2.05, 4.69) is 0 Å². The fraction of sp³-hybridized carbons (Fsp3) is 0.300. The minimum Gasteiger partial charge on any atom is -0.478 e. The van der Waals surface area contributed by atoms with E-state index >= 15 is 0 Å². The van der Waals surface area contributed by atoms with E-state index in [-0.39, 0.29) is 12.2 Å². The Morgan fingerprint density at radius 1 is 1.31 bits per heavy atom. The Hall–Kier alpha value is -1.35. The molecule has 2 N–H and O–H groups in total. The molecule has 13 heavy (non-hydrogen) atoms. The molecule has 0 radical (unpaired) electrons. The van der Waals surface area contributed by atoms with Crippen molar-refractivity contribution in [1.29, 1.82) is 0 Å². The molecule has 0 saturated carbocycles. The molecule has 70 valence electrons. The van der Waals surface area contributed by atoms with Crippen molar-refractivity contribution in [1.82, 2.24) is 0 Å². The normalized spacial score (nSPS) is 10.1. The van der Waals surface area contributed by atoms with Crippen LogP contribution in [-0.4, -0.2) is 16.2 Å². The number of carbonyl (C=O) groups is 1. The van der Waals surface area contributed by atoms with E-state index in [1.165, 1.54) is 6.07 Å². The number of carboxylic acids is 1. The number of aliphatic hydroxyl groups excluding tert-OH is 1. The third kappa shape index (κ3) is 1.87. The highest BCUT2D eigenvalue weighted by Crippen LogP contribution is 2.15. The van der Waals surface area contributed by atoms with Crippen molar-refractivity contribution >= 4 is 5.97 Å². The third-order valence-electron chi connectivity index (χ3n) is 2.08. The fourth-order valence-electron chi connectivity index (χ4n) is 1.30. The van der Waals surface area contributed by atoms with Crippen molar-refractivity contribution in [2.24, 2.45) is 0 Å². The van der Waals surface area contributed by atoms with Crippen LogP contribution in [0.25, 0.3) is 0 Å². The maximum absolute atomic E-state index is 10.7. The largest absolute Gasteiger partial charge is 0.478 e. The fourth-order valence-corrected chi connectivity index (χ4v) is 1.30. The summed E-state index contributed by atoms with van der Waals surface area (Å²) in [5, 5.41) is 17.7. The van der Waals surface area contributed by atoms with Gasteiger partial charge in [-0.1, -0.05) is 6.07 Å². The van der Waals surface area contributed by atoms with Gasteiger partial charge in [0.25, 0.3) is 0 Å². The molecule has 1 aromatic rings. The van der Waals surface area contributed by atoms with Crippen LogP contribution in [0.2, 0.25) is 0 Å². The van der Waals surface area contributed by atoms with E-state index < -0.39 is 5.97 Å². The van der Waals surface area contributed by atoms with E-state index in [0.29, 0.717) is 5.56 Å². The number of hydrogen-bond donors (Lipinski definition) is 2. The Bertz CT molecular complexity index is 342. The Morgan fingerprint density at radius 2 is 1.92 bits per heavy atom. The second-order valence-corrected chi connectivity index (χ2v) is 3.06. The maximum atomic E-state index is 10.7. The van der Waals surface area contributed by atoms with Crippen molar-refractivity contribution in [3.05, 3.63) is 34.4 Å². The molecule has 0 aliphatic rings. The third-order valence-corrected chi connectivity index (χ3v) is 2.08. The van der Waals surface area contributed by atoms with E-state index in [0.717, 1.165) is 11.1 Å². The molecule has 0 unspecified atom stereocenters. The van der Waals surface area contributed by atoms with Gasteiger partial charge in [-0.05, 0) is 36.6 Å². The van der Waals surface area contributed by atoms with Crippen LogP contribution in [0.3, 0.4) is 0 Å². The summed E-state index contributed by atoms with van der Waals surface area (Å²) >= 11 is 0. The lowest BCUT2D eigenvalue weighted by Crippen LogP contribution is -2.02. The molecule has 0 amide bonds. The van der Waals surface area contributed by atoms with Gasteiger partial charge in [-0.15, -0.1) is 0 Å². The highest BCUT2D eigenvalue weighted by molar-refractivity contribution is 5.89. The second kappa shape index (κ2) is 3.58. The zero-order chi connectivity index (χ0) is 10.0. The molecule has 0 fully saturated rings. The minimum absolute atomic E-state index is 0.119. The van der Waals surface area contributed by atoms with Crippen molar-refractivity contribution < 1.29 is 15.0 Å². The maximum Gasteiger partial charge on any atom is 0.335 e. The van der Waals surface area contributed by atoms with E-state index in [4.69, 9.17) is 10.2 Å². The Balaban J connectivity index is 3.30. The van der Waals surface area contributed by atoms with Crippen LogP contribution >= 0.6 is 0 Å². The summed E-state index contributed by atoms with van der Waals surface area (Å²) in [5.74, 6) is -0.952. The smallest absolute Gasteiger partial charge is 0.335 e. The number of aliphatic hydroxyl groups is 1. The number of aromatic carboxylic acids is 1. The van der Waals surface area contributed by atoms with Gasteiger partial charge in [0.2, 0.25) is 0 Å². The molecule has 0 aromatic heterocycles. The Kier molecular flexibility index (Phi) is 2.68. The van der Waals surface area contributed by atoms with Gasteiger partial charge in [-0.25, -0.2) is 4.79 Å². The van der Waals surface area contributed by atoms with Gasteiger partial charge in [-0.3, -0.25) is 0 Å². The highest BCUT2D eigenvalue weighted by Gasteiger charge is 2.09. The van der Waals surface area contributed by atoms with Crippen molar-refractivity contribution in [3.8, 4) is 0 Å². The molecule has 0 atom stereocenters. The predicted molar refractivity (Wildman–Crippen MR) is 48.8 cm³/mol. The molecule has 3 heteroatoms. The second-order valence-electron chi connectivity index (χ2n) is 3.06. The lowest BCUT2D eigenvalue weighted by Gasteiger charge is -2.06. The number of hydrogen-bond acceptors (Lipinski definition) is 2. The predicted octanol–water partition coefficient (Wildman–Crippen LogP) is 1.49. The first kappa shape index (κ1) is 9.74. The zero-order valence-corrected chi connectivity index (χ0v) is 7.66. The Morgan fingerprint density at radius 3 is 2.38 bits per heavy atom. The first-order chi connectivity index (χ1) is 6.06. The van der Waals surface area contributed by atoms with Gasteiger partial charge < -0.3 is 10.2 Å². The summed E-state index contributed by atoms with van der Waals surface area (Å²) in [4.78, 5) is 10.7. The minimum atomic E-state index is -0.952. The average Bonchev–Trinajstić information content (AvgIpc) is 2.03. The first-order valence-corrected chi connectivity index (χ1v) is 4.00. The number of rotatable bonds is 2. The van der Waals surface area contributed by atoms with Crippen LogP contribution in [0.1, 0.15) is 27.0 Å². The number of aryl methyl sites for hydroxylation is 2. The molecule has 0 aliphatic heterocycles. The van der Waals surface area contributed by atoms with Crippen LogP contribution < -0.4 is 0 Å². The van der Waals surface area contributed by atoms with Crippen LogP contribution in [0.5, 0.6) is 0 Å². The monoisotopic (exact) mass is 180 g/mol. The summed E-state index contributed by atoms with van der Waals surface area (Å²) < 4.78 is 0. The van der Waals surface area contributed by atoms with Gasteiger partial charge in [0.05, 0.1) is 12.2 Å². The van der Waals surface area contributed by atoms with E-state index in [1.54, 1.807) is 13.0 Å².